The maximum Gasteiger partial charge on any atom is 0.122 e. The molecule has 1 aliphatic heterocycles. The Morgan fingerprint density at radius 1 is 1.50 bits per heavy atom. The van der Waals surface area contributed by atoms with Gasteiger partial charge in [-0.2, -0.15) is 5.10 Å². The van der Waals surface area contributed by atoms with E-state index in [0.29, 0.717) is 5.84 Å². The molecule has 1 aromatic rings. The number of nitrogens with zero attached hydrogens (tertiary/aromatic N) is 2. The molecule has 3 nitrogen and oxygen atoms in total. The Bertz CT molecular complexity index is 387. The number of amidine groups is 1. The van der Waals surface area contributed by atoms with E-state index in [4.69, 9.17) is 17.3 Å². The largest absolute Gasteiger partial charge is 0.386 e. The van der Waals surface area contributed by atoms with Crippen LogP contribution < -0.4 is 10.7 Å². The number of nitrogens with two attached hydrogens (primary N) is 1. The van der Waals surface area contributed by atoms with Crippen LogP contribution in [0.15, 0.2) is 23.3 Å². The van der Waals surface area contributed by atoms with Crippen LogP contribution in [-0.2, 0) is 0 Å². The number of hydrogen-bond donors (Lipinski definition) is 1. The Balaban J connectivity index is 2.29. The molecule has 0 amide bonds. The van der Waals surface area contributed by atoms with Crippen LogP contribution in [0.1, 0.15) is 12.0 Å². The van der Waals surface area contributed by atoms with E-state index in [2.05, 4.69) is 5.10 Å². The highest BCUT2D eigenvalue weighted by molar-refractivity contribution is 6.31. The Labute approximate surface area is 88.2 Å². The van der Waals surface area contributed by atoms with Crippen molar-refractivity contribution in [2.75, 3.05) is 11.6 Å². The first-order chi connectivity index (χ1) is 6.66. The maximum absolute atomic E-state index is 5.94. The average Bonchev–Trinajstić information content (AvgIpc) is 2.57. The fraction of sp³-hybridized carbons (Fsp3) is 0.300. The number of anilines is 1. The van der Waals surface area contributed by atoms with E-state index in [1.165, 1.54) is 0 Å². The third-order valence-corrected chi connectivity index (χ3v) is 2.69. The summed E-state index contributed by atoms with van der Waals surface area (Å²) in [6.07, 6.45) is 0.835. The van der Waals surface area contributed by atoms with Gasteiger partial charge in [-0.05, 0) is 30.7 Å². The second-order valence-corrected chi connectivity index (χ2v) is 3.81. The molecule has 0 bridgehead atoms. The standard InChI is InChI=1S/C10H12ClN3/c1-7-6-8(2-3-9(7)11)14-5-4-10(12)13-14/h2-3,6H,4-5H2,1H3,(H2,12,13). The van der Waals surface area contributed by atoms with Gasteiger partial charge < -0.3 is 5.73 Å². The van der Waals surface area contributed by atoms with Crippen LogP contribution in [0, 0.1) is 6.92 Å². The highest BCUT2D eigenvalue weighted by Crippen LogP contribution is 2.24. The first-order valence-electron chi connectivity index (χ1n) is 4.53. The molecule has 1 heterocycles. The quantitative estimate of drug-likeness (QED) is 0.770. The molecule has 4 heteroatoms. The first kappa shape index (κ1) is 9.34. The van der Waals surface area contributed by atoms with E-state index in [9.17, 15) is 0 Å². The third-order valence-electron chi connectivity index (χ3n) is 2.27. The summed E-state index contributed by atoms with van der Waals surface area (Å²) in [6, 6.07) is 5.86. The molecule has 0 aromatic heterocycles. The molecular formula is C10H12ClN3. The van der Waals surface area contributed by atoms with Crippen LogP contribution in [0.3, 0.4) is 0 Å². The van der Waals surface area contributed by atoms with Crippen molar-refractivity contribution in [1.29, 1.82) is 0 Å². The zero-order valence-electron chi connectivity index (χ0n) is 8.00. The van der Waals surface area contributed by atoms with E-state index in [-0.39, 0.29) is 0 Å². The molecule has 1 aliphatic rings. The number of hydrogen-bond acceptors (Lipinski definition) is 3. The summed E-state index contributed by atoms with van der Waals surface area (Å²) in [7, 11) is 0. The van der Waals surface area contributed by atoms with Crippen LogP contribution in [-0.4, -0.2) is 12.4 Å². The SMILES string of the molecule is Cc1cc(N2CCC(N)=N2)ccc1Cl. The summed E-state index contributed by atoms with van der Waals surface area (Å²) in [5, 5.41) is 6.90. The van der Waals surface area contributed by atoms with Gasteiger partial charge in [0.1, 0.15) is 5.84 Å². The lowest BCUT2D eigenvalue weighted by atomic mass is 10.2. The molecule has 14 heavy (non-hydrogen) atoms. The number of rotatable bonds is 1. The Kier molecular flexibility index (Phi) is 2.33. The van der Waals surface area contributed by atoms with Crippen molar-refractivity contribution in [3.05, 3.63) is 28.8 Å². The summed E-state index contributed by atoms with van der Waals surface area (Å²) < 4.78 is 0. The summed E-state index contributed by atoms with van der Waals surface area (Å²) in [6.45, 7) is 2.84. The van der Waals surface area contributed by atoms with Crippen molar-refractivity contribution in [2.45, 2.75) is 13.3 Å². The molecule has 74 valence electrons. The average molecular weight is 210 g/mol. The topological polar surface area (TPSA) is 41.6 Å². The van der Waals surface area contributed by atoms with Gasteiger partial charge in [0.05, 0.1) is 5.69 Å². The van der Waals surface area contributed by atoms with E-state index >= 15 is 0 Å². The van der Waals surface area contributed by atoms with Crippen molar-refractivity contribution in [2.24, 2.45) is 10.8 Å². The molecule has 0 aliphatic carbocycles. The minimum atomic E-state index is 0.692. The number of hydrazone groups is 1. The van der Waals surface area contributed by atoms with Gasteiger partial charge >= 0.3 is 0 Å². The van der Waals surface area contributed by atoms with Gasteiger partial charge in [0.25, 0.3) is 0 Å². The Morgan fingerprint density at radius 2 is 2.29 bits per heavy atom. The Morgan fingerprint density at radius 3 is 2.86 bits per heavy atom. The molecular weight excluding hydrogens is 198 g/mol. The van der Waals surface area contributed by atoms with Gasteiger partial charge in [-0.15, -0.1) is 0 Å². The fourth-order valence-corrected chi connectivity index (χ4v) is 1.57. The third kappa shape index (κ3) is 1.68. The van der Waals surface area contributed by atoms with Crippen molar-refractivity contribution < 1.29 is 0 Å². The molecule has 2 N–H and O–H groups in total. The number of benzene rings is 1. The summed E-state index contributed by atoms with van der Waals surface area (Å²) in [5.41, 5.74) is 7.72. The van der Waals surface area contributed by atoms with Crippen LogP contribution >= 0.6 is 11.6 Å². The van der Waals surface area contributed by atoms with Gasteiger partial charge in [-0.1, -0.05) is 11.6 Å². The molecule has 0 saturated heterocycles. The highest BCUT2D eigenvalue weighted by Gasteiger charge is 2.13. The Hall–Kier alpha value is -1.22. The molecule has 0 unspecified atom stereocenters. The van der Waals surface area contributed by atoms with Crippen molar-refractivity contribution in [3.63, 3.8) is 0 Å². The van der Waals surface area contributed by atoms with Crippen LogP contribution in [0.2, 0.25) is 5.02 Å². The second-order valence-electron chi connectivity index (χ2n) is 3.40. The minimum Gasteiger partial charge on any atom is -0.386 e. The van der Waals surface area contributed by atoms with Gasteiger partial charge in [0.2, 0.25) is 0 Å². The predicted octanol–water partition coefficient (Wildman–Crippen LogP) is 2.13. The normalized spacial score (nSPS) is 15.9. The van der Waals surface area contributed by atoms with Crippen LogP contribution in [0.25, 0.3) is 0 Å². The molecule has 0 spiro atoms. The molecule has 0 saturated carbocycles. The smallest absolute Gasteiger partial charge is 0.122 e. The molecule has 0 atom stereocenters. The minimum absolute atomic E-state index is 0.692. The number of aryl methyl sites for hydroxylation is 1. The van der Waals surface area contributed by atoms with Crippen LogP contribution in [0.5, 0.6) is 0 Å². The monoisotopic (exact) mass is 209 g/mol. The van der Waals surface area contributed by atoms with Gasteiger partial charge in [0, 0.05) is 18.0 Å². The van der Waals surface area contributed by atoms with E-state index in [0.717, 1.165) is 29.2 Å². The summed E-state index contributed by atoms with van der Waals surface area (Å²) in [5.74, 6) is 0.692. The van der Waals surface area contributed by atoms with Crippen molar-refractivity contribution in [3.8, 4) is 0 Å². The number of halogens is 1. The maximum atomic E-state index is 5.94. The van der Waals surface area contributed by atoms with Crippen molar-refractivity contribution >= 4 is 23.1 Å². The van der Waals surface area contributed by atoms with E-state index in [1.807, 2.05) is 30.1 Å². The zero-order valence-corrected chi connectivity index (χ0v) is 8.75. The predicted molar refractivity (Wildman–Crippen MR) is 59.8 cm³/mol. The fourth-order valence-electron chi connectivity index (χ4n) is 1.45. The first-order valence-corrected chi connectivity index (χ1v) is 4.91. The molecule has 0 fully saturated rings. The molecule has 1 aromatic carbocycles. The zero-order chi connectivity index (χ0) is 10.1. The lowest BCUT2D eigenvalue weighted by Gasteiger charge is -2.14. The lowest BCUT2D eigenvalue weighted by molar-refractivity contribution is 0.921. The van der Waals surface area contributed by atoms with E-state index in [1.54, 1.807) is 0 Å². The molecule has 0 radical (unpaired) electrons. The summed E-state index contributed by atoms with van der Waals surface area (Å²) in [4.78, 5) is 0. The molecule has 2 rings (SSSR count). The second kappa shape index (κ2) is 3.50. The van der Waals surface area contributed by atoms with Gasteiger partial charge in [-0.3, -0.25) is 5.01 Å². The van der Waals surface area contributed by atoms with E-state index < -0.39 is 0 Å². The summed E-state index contributed by atoms with van der Waals surface area (Å²) >= 11 is 5.94. The van der Waals surface area contributed by atoms with Crippen LogP contribution in [0.4, 0.5) is 5.69 Å². The van der Waals surface area contributed by atoms with Crippen molar-refractivity contribution in [1.82, 2.24) is 0 Å². The van der Waals surface area contributed by atoms with Gasteiger partial charge in [0.15, 0.2) is 0 Å². The highest BCUT2D eigenvalue weighted by atomic mass is 35.5. The lowest BCUT2D eigenvalue weighted by Crippen LogP contribution is -2.11. The van der Waals surface area contributed by atoms with Gasteiger partial charge in [-0.25, -0.2) is 0 Å².